The molecule has 0 saturated heterocycles. The molecule has 1 rings (SSSR count). The summed E-state index contributed by atoms with van der Waals surface area (Å²) in [6, 6.07) is 0. The van der Waals surface area contributed by atoms with E-state index in [1.165, 1.54) is 6.42 Å². The standard InChI is InChI=1S/C12H22O/c1-11(2,3)10-7-5-6-8-12(10,4)9-13/h6,8,10,13H,5,7,9H2,1-4H3. The lowest BCUT2D eigenvalue weighted by Crippen LogP contribution is -2.39. The molecule has 2 unspecified atom stereocenters. The molecule has 1 N–H and O–H groups in total. The van der Waals surface area contributed by atoms with E-state index in [1.54, 1.807) is 0 Å². The zero-order valence-electron chi connectivity index (χ0n) is 9.30. The van der Waals surface area contributed by atoms with Gasteiger partial charge in [0, 0.05) is 5.41 Å². The number of hydrogen-bond acceptors (Lipinski definition) is 1. The minimum absolute atomic E-state index is 0.00347. The average Bonchev–Trinajstić information content (AvgIpc) is 2.03. The molecule has 76 valence electrons. The van der Waals surface area contributed by atoms with E-state index in [9.17, 15) is 5.11 Å². The van der Waals surface area contributed by atoms with Crippen LogP contribution in [0.5, 0.6) is 0 Å². The van der Waals surface area contributed by atoms with Crippen molar-refractivity contribution in [1.29, 1.82) is 0 Å². The Morgan fingerprint density at radius 1 is 1.46 bits per heavy atom. The van der Waals surface area contributed by atoms with Gasteiger partial charge >= 0.3 is 0 Å². The summed E-state index contributed by atoms with van der Waals surface area (Å²) in [7, 11) is 0. The summed E-state index contributed by atoms with van der Waals surface area (Å²) >= 11 is 0. The first-order valence-corrected chi connectivity index (χ1v) is 5.19. The lowest BCUT2D eigenvalue weighted by Gasteiger charge is -2.44. The third-order valence-corrected chi connectivity index (χ3v) is 3.30. The van der Waals surface area contributed by atoms with E-state index in [-0.39, 0.29) is 12.0 Å². The van der Waals surface area contributed by atoms with Crippen molar-refractivity contribution < 1.29 is 5.11 Å². The highest BCUT2D eigenvalue weighted by Crippen LogP contribution is 2.46. The fourth-order valence-corrected chi connectivity index (χ4v) is 2.65. The topological polar surface area (TPSA) is 20.2 Å². The molecule has 1 nitrogen and oxygen atoms in total. The Hall–Kier alpha value is -0.300. The second-order valence-electron chi connectivity index (χ2n) is 5.56. The molecule has 0 bridgehead atoms. The highest BCUT2D eigenvalue weighted by Gasteiger charge is 2.39. The van der Waals surface area contributed by atoms with Crippen molar-refractivity contribution in [1.82, 2.24) is 0 Å². The van der Waals surface area contributed by atoms with Crippen LogP contribution in [0.1, 0.15) is 40.5 Å². The van der Waals surface area contributed by atoms with Crippen LogP contribution in [0, 0.1) is 16.7 Å². The average molecular weight is 182 g/mol. The SMILES string of the molecule is CC(C)(C)C1CCC=CC1(C)CO. The molecule has 0 aromatic carbocycles. The molecule has 0 saturated carbocycles. The first-order chi connectivity index (χ1) is 5.90. The van der Waals surface area contributed by atoms with Gasteiger partial charge in [0.1, 0.15) is 0 Å². The monoisotopic (exact) mass is 182 g/mol. The highest BCUT2D eigenvalue weighted by molar-refractivity contribution is 5.07. The van der Waals surface area contributed by atoms with Crippen molar-refractivity contribution in [2.24, 2.45) is 16.7 Å². The maximum Gasteiger partial charge on any atom is 0.0522 e. The summed E-state index contributed by atoms with van der Waals surface area (Å²) in [4.78, 5) is 0. The van der Waals surface area contributed by atoms with Gasteiger partial charge in [-0.15, -0.1) is 0 Å². The van der Waals surface area contributed by atoms with E-state index < -0.39 is 0 Å². The summed E-state index contributed by atoms with van der Waals surface area (Å²) in [6.45, 7) is 9.24. The third kappa shape index (κ3) is 2.14. The zero-order valence-corrected chi connectivity index (χ0v) is 9.30. The number of rotatable bonds is 1. The summed E-state index contributed by atoms with van der Waals surface area (Å²) in [5, 5.41) is 9.43. The van der Waals surface area contributed by atoms with Gasteiger partial charge in [-0.1, -0.05) is 39.8 Å². The van der Waals surface area contributed by atoms with Gasteiger partial charge < -0.3 is 5.11 Å². The molecular weight excluding hydrogens is 160 g/mol. The number of aliphatic hydroxyl groups is 1. The first-order valence-electron chi connectivity index (χ1n) is 5.19. The van der Waals surface area contributed by atoms with Gasteiger partial charge in [0.15, 0.2) is 0 Å². The van der Waals surface area contributed by atoms with Crippen LogP contribution in [0.2, 0.25) is 0 Å². The second-order valence-corrected chi connectivity index (χ2v) is 5.56. The van der Waals surface area contributed by atoms with Gasteiger partial charge in [0.25, 0.3) is 0 Å². The van der Waals surface area contributed by atoms with Crippen LogP contribution in [0.25, 0.3) is 0 Å². The molecule has 1 aliphatic rings. The summed E-state index contributed by atoms with van der Waals surface area (Å²) in [5.41, 5.74) is 0.290. The quantitative estimate of drug-likeness (QED) is 0.618. The molecule has 2 atom stereocenters. The summed E-state index contributed by atoms with van der Waals surface area (Å²) in [5.74, 6) is 0.593. The van der Waals surface area contributed by atoms with Crippen LogP contribution in [0.15, 0.2) is 12.2 Å². The van der Waals surface area contributed by atoms with E-state index >= 15 is 0 Å². The number of allylic oxidation sites excluding steroid dienone is 1. The lowest BCUT2D eigenvalue weighted by molar-refractivity contribution is 0.0416. The predicted molar refractivity (Wildman–Crippen MR) is 56.5 cm³/mol. The van der Waals surface area contributed by atoms with Gasteiger partial charge in [-0.2, -0.15) is 0 Å². The molecule has 1 aliphatic carbocycles. The van der Waals surface area contributed by atoms with Crippen LogP contribution in [0.4, 0.5) is 0 Å². The van der Waals surface area contributed by atoms with Gasteiger partial charge in [-0.25, -0.2) is 0 Å². The van der Waals surface area contributed by atoms with Crippen LogP contribution in [-0.4, -0.2) is 11.7 Å². The minimum atomic E-state index is -0.00347. The summed E-state index contributed by atoms with van der Waals surface area (Å²) < 4.78 is 0. The molecule has 1 heteroatoms. The van der Waals surface area contributed by atoms with Gasteiger partial charge in [-0.3, -0.25) is 0 Å². The molecular formula is C12H22O. The van der Waals surface area contributed by atoms with Crippen LogP contribution < -0.4 is 0 Å². The number of aliphatic hydroxyl groups excluding tert-OH is 1. The zero-order chi connectivity index (χ0) is 10.1. The van der Waals surface area contributed by atoms with Crippen LogP contribution in [0.3, 0.4) is 0 Å². The van der Waals surface area contributed by atoms with Crippen molar-refractivity contribution >= 4 is 0 Å². The third-order valence-electron chi connectivity index (χ3n) is 3.30. The molecule has 0 heterocycles. The molecule has 0 fully saturated rings. The molecule has 13 heavy (non-hydrogen) atoms. The Bertz CT molecular complexity index is 200. The smallest absolute Gasteiger partial charge is 0.0522 e. The van der Waals surface area contributed by atoms with E-state index in [0.29, 0.717) is 11.3 Å². The maximum absolute atomic E-state index is 9.43. The van der Waals surface area contributed by atoms with Gasteiger partial charge in [0.05, 0.1) is 6.61 Å². The Morgan fingerprint density at radius 3 is 2.46 bits per heavy atom. The molecule has 0 amide bonds. The van der Waals surface area contributed by atoms with E-state index in [2.05, 4.69) is 39.8 Å². The van der Waals surface area contributed by atoms with Crippen LogP contribution in [-0.2, 0) is 0 Å². The van der Waals surface area contributed by atoms with Crippen molar-refractivity contribution in [2.45, 2.75) is 40.5 Å². The van der Waals surface area contributed by atoms with Crippen molar-refractivity contribution in [3.63, 3.8) is 0 Å². The Balaban J connectivity index is 2.90. The molecule has 0 aromatic heterocycles. The first kappa shape index (κ1) is 10.8. The molecule has 0 radical (unpaired) electrons. The number of hydrogen-bond donors (Lipinski definition) is 1. The largest absolute Gasteiger partial charge is 0.395 e. The van der Waals surface area contributed by atoms with Gasteiger partial charge in [0.2, 0.25) is 0 Å². The molecule has 0 spiro atoms. The Kier molecular flexibility index (Phi) is 2.86. The highest BCUT2D eigenvalue weighted by atomic mass is 16.3. The van der Waals surface area contributed by atoms with E-state index in [0.717, 1.165) is 6.42 Å². The van der Waals surface area contributed by atoms with E-state index in [4.69, 9.17) is 0 Å². The van der Waals surface area contributed by atoms with Crippen molar-refractivity contribution in [3.8, 4) is 0 Å². The van der Waals surface area contributed by atoms with Gasteiger partial charge in [-0.05, 0) is 24.2 Å². The molecule has 0 aliphatic heterocycles. The van der Waals surface area contributed by atoms with Crippen molar-refractivity contribution in [2.75, 3.05) is 6.61 Å². The summed E-state index contributed by atoms with van der Waals surface area (Å²) in [6.07, 6.45) is 6.78. The Labute approximate surface area is 81.9 Å². The maximum atomic E-state index is 9.43. The fraction of sp³-hybridized carbons (Fsp3) is 0.833. The predicted octanol–water partition coefficient (Wildman–Crippen LogP) is 3.00. The minimum Gasteiger partial charge on any atom is -0.395 e. The Morgan fingerprint density at radius 2 is 2.08 bits per heavy atom. The van der Waals surface area contributed by atoms with E-state index in [1.807, 2.05) is 0 Å². The second kappa shape index (κ2) is 3.45. The normalized spacial score (nSPS) is 35.0. The fourth-order valence-electron chi connectivity index (χ4n) is 2.65. The van der Waals surface area contributed by atoms with Crippen LogP contribution >= 0.6 is 0 Å². The molecule has 0 aromatic rings. The van der Waals surface area contributed by atoms with Crippen molar-refractivity contribution in [3.05, 3.63) is 12.2 Å². The lowest BCUT2D eigenvalue weighted by atomic mass is 9.61.